The molecule has 1 amide bonds. The summed E-state index contributed by atoms with van der Waals surface area (Å²) in [5.41, 5.74) is 1.93. The van der Waals surface area contributed by atoms with Gasteiger partial charge in [0.2, 0.25) is 0 Å². The van der Waals surface area contributed by atoms with Crippen LogP contribution in [0.15, 0.2) is 22.7 Å². The van der Waals surface area contributed by atoms with E-state index >= 15 is 0 Å². The molecule has 0 aliphatic carbocycles. The molecular weight excluding hydrogens is 304 g/mol. The van der Waals surface area contributed by atoms with Crippen molar-refractivity contribution in [3.8, 4) is 0 Å². The second-order valence-corrected chi connectivity index (χ2v) is 5.89. The van der Waals surface area contributed by atoms with Gasteiger partial charge in [-0.1, -0.05) is 22.0 Å². The van der Waals surface area contributed by atoms with Crippen LogP contribution in [0.25, 0.3) is 0 Å². The third-order valence-corrected chi connectivity index (χ3v) is 4.62. The molecule has 1 heterocycles. The first kappa shape index (κ1) is 14.5. The standard InChI is InChI=1S/C15H21BrN2O/c1-3-18(13-6-8-17-9-7-13)15(19)12-5-4-11(2)14(16)10-12/h4-5,10,13,17H,3,6-9H2,1-2H3. The number of hydrogen-bond donors (Lipinski definition) is 1. The van der Waals surface area contributed by atoms with Crippen molar-refractivity contribution in [2.75, 3.05) is 19.6 Å². The summed E-state index contributed by atoms with van der Waals surface area (Å²) in [5.74, 6) is 0.148. The number of aryl methyl sites for hydroxylation is 1. The number of halogens is 1. The maximum atomic E-state index is 12.6. The highest BCUT2D eigenvalue weighted by Gasteiger charge is 2.24. The number of nitrogens with one attached hydrogen (secondary N) is 1. The molecule has 3 nitrogen and oxygen atoms in total. The second-order valence-electron chi connectivity index (χ2n) is 5.04. The summed E-state index contributed by atoms with van der Waals surface area (Å²) in [6.45, 7) is 6.87. The molecule has 1 aromatic carbocycles. The van der Waals surface area contributed by atoms with Crippen molar-refractivity contribution in [2.45, 2.75) is 32.7 Å². The number of hydrogen-bond acceptors (Lipinski definition) is 2. The van der Waals surface area contributed by atoms with E-state index in [0.717, 1.165) is 48.1 Å². The van der Waals surface area contributed by atoms with E-state index in [4.69, 9.17) is 0 Å². The van der Waals surface area contributed by atoms with E-state index in [9.17, 15) is 4.79 Å². The third kappa shape index (κ3) is 3.37. The highest BCUT2D eigenvalue weighted by molar-refractivity contribution is 9.10. The zero-order chi connectivity index (χ0) is 13.8. The fraction of sp³-hybridized carbons (Fsp3) is 0.533. The van der Waals surface area contributed by atoms with Crippen LogP contribution < -0.4 is 5.32 Å². The maximum Gasteiger partial charge on any atom is 0.254 e. The molecule has 104 valence electrons. The lowest BCUT2D eigenvalue weighted by Gasteiger charge is -2.34. The van der Waals surface area contributed by atoms with E-state index in [1.807, 2.05) is 30.0 Å². The summed E-state index contributed by atoms with van der Waals surface area (Å²) in [4.78, 5) is 14.6. The number of nitrogens with zero attached hydrogens (tertiary/aromatic N) is 1. The SMILES string of the molecule is CCN(C(=O)c1ccc(C)c(Br)c1)C1CCNCC1. The zero-order valence-corrected chi connectivity index (χ0v) is 13.2. The van der Waals surface area contributed by atoms with Crippen LogP contribution in [0.5, 0.6) is 0 Å². The summed E-state index contributed by atoms with van der Waals surface area (Å²) in [5, 5.41) is 3.34. The molecule has 1 saturated heterocycles. The first-order valence-corrected chi connectivity index (χ1v) is 7.70. The van der Waals surface area contributed by atoms with Crippen molar-refractivity contribution < 1.29 is 4.79 Å². The molecule has 1 aliphatic rings. The lowest BCUT2D eigenvalue weighted by atomic mass is 10.0. The van der Waals surface area contributed by atoms with Gasteiger partial charge < -0.3 is 10.2 Å². The zero-order valence-electron chi connectivity index (χ0n) is 11.6. The van der Waals surface area contributed by atoms with Gasteiger partial charge in [0.15, 0.2) is 0 Å². The molecule has 0 atom stereocenters. The van der Waals surface area contributed by atoms with Gasteiger partial charge in [0.25, 0.3) is 5.91 Å². The largest absolute Gasteiger partial charge is 0.336 e. The molecular formula is C15H21BrN2O. The Balaban J connectivity index is 2.17. The van der Waals surface area contributed by atoms with Crippen LogP contribution in [0.4, 0.5) is 0 Å². The number of benzene rings is 1. The average Bonchev–Trinajstić information content (AvgIpc) is 2.44. The average molecular weight is 325 g/mol. The molecule has 1 aromatic rings. The Kier molecular flexibility index (Phi) is 4.99. The van der Waals surface area contributed by atoms with E-state index in [2.05, 4.69) is 28.2 Å². The van der Waals surface area contributed by atoms with E-state index < -0.39 is 0 Å². The maximum absolute atomic E-state index is 12.6. The van der Waals surface area contributed by atoms with Gasteiger partial charge in [0.05, 0.1) is 0 Å². The summed E-state index contributed by atoms with van der Waals surface area (Å²) in [6.07, 6.45) is 2.10. The van der Waals surface area contributed by atoms with Crippen molar-refractivity contribution in [1.82, 2.24) is 10.2 Å². The minimum Gasteiger partial charge on any atom is -0.336 e. The van der Waals surface area contributed by atoms with Crippen molar-refractivity contribution in [2.24, 2.45) is 0 Å². The number of carbonyl (C=O) groups is 1. The molecule has 1 aliphatic heterocycles. The van der Waals surface area contributed by atoms with Gasteiger partial charge in [0, 0.05) is 22.6 Å². The van der Waals surface area contributed by atoms with Crippen molar-refractivity contribution in [3.05, 3.63) is 33.8 Å². The normalized spacial score (nSPS) is 16.4. The number of piperidine rings is 1. The molecule has 2 rings (SSSR count). The molecule has 0 aromatic heterocycles. The first-order chi connectivity index (χ1) is 9.13. The van der Waals surface area contributed by atoms with Crippen LogP contribution in [0.2, 0.25) is 0 Å². The van der Waals surface area contributed by atoms with E-state index in [-0.39, 0.29) is 5.91 Å². The van der Waals surface area contributed by atoms with Gasteiger partial charge in [-0.2, -0.15) is 0 Å². The fourth-order valence-corrected chi connectivity index (χ4v) is 2.96. The van der Waals surface area contributed by atoms with Crippen LogP contribution in [0.3, 0.4) is 0 Å². The van der Waals surface area contributed by atoms with Crippen molar-refractivity contribution in [1.29, 1.82) is 0 Å². The minimum atomic E-state index is 0.148. The molecule has 19 heavy (non-hydrogen) atoms. The van der Waals surface area contributed by atoms with Crippen LogP contribution in [0, 0.1) is 6.92 Å². The van der Waals surface area contributed by atoms with Gasteiger partial charge in [-0.15, -0.1) is 0 Å². The number of rotatable bonds is 3. The monoisotopic (exact) mass is 324 g/mol. The molecule has 0 bridgehead atoms. The predicted octanol–water partition coefficient (Wildman–Crippen LogP) is 2.97. The molecule has 1 N–H and O–H groups in total. The summed E-state index contributed by atoms with van der Waals surface area (Å²) in [6, 6.07) is 6.22. The lowest BCUT2D eigenvalue weighted by Crippen LogP contribution is -2.46. The number of amides is 1. The van der Waals surface area contributed by atoms with E-state index in [0.29, 0.717) is 6.04 Å². The Bertz CT molecular complexity index is 455. The van der Waals surface area contributed by atoms with Crippen LogP contribution in [-0.4, -0.2) is 36.5 Å². The van der Waals surface area contributed by atoms with Crippen LogP contribution in [0.1, 0.15) is 35.7 Å². The topological polar surface area (TPSA) is 32.3 Å². The Morgan fingerprint density at radius 1 is 1.42 bits per heavy atom. The third-order valence-electron chi connectivity index (χ3n) is 3.77. The van der Waals surface area contributed by atoms with E-state index in [1.54, 1.807) is 0 Å². The highest BCUT2D eigenvalue weighted by atomic mass is 79.9. The van der Waals surface area contributed by atoms with E-state index in [1.165, 1.54) is 0 Å². The molecule has 1 fully saturated rings. The molecule has 4 heteroatoms. The van der Waals surface area contributed by atoms with Crippen LogP contribution >= 0.6 is 15.9 Å². The van der Waals surface area contributed by atoms with Gasteiger partial charge in [-0.25, -0.2) is 0 Å². The van der Waals surface area contributed by atoms with Crippen LogP contribution in [-0.2, 0) is 0 Å². The summed E-state index contributed by atoms with van der Waals surface area (Å²) >= 11 is 3.50. The molecule has 0 spiro atoms. The van der Waals surface area contributed by atoms with Crippen molar-refractivity contribution in [3.63, 3.8) is 0 Å². The van der Waals surface area contributed by atoms with Gasteiger partial charge in [-0.05, 0) is 57.5 Å². The molecule has 0 unspecified atom stereocenters. The lowest BCUT2D eigenvalue weighted by molar-refractivity contribution is 0.0656. The Morgan fingerprint density at radius 2 is 2.11 bits per heavy atom. The quantitative estimate of drug-likeness (QED) is 0.927. The first-order valence-electron chi connectivity index (χ1n) is 6.91. The smallest absolute Gasteiger partial charge is 0.254 e. The molecule has 0 saturated carbocycles. The Labute approximate surface area is 123 Å². The molecule has 0 radical (unpaired) electrons. The Morgan fingerprint density at radius 3 is 2.68 bits per heavy atom. The van der Waals surface area contributed by atoms with Gasteiger partial charge in [0.1, 0.15) is 0 Å². The highest BCUT2D eigenvalue weighted by Crippen LogP contribution is 2.21. The van der Waals surface area contributed by atoms with Gasteiger partial charge >= 0.3 is 0 Å². The summed E-state index contributed by atoms with van der Waals surface area (Å²) < 4.78 is 1.000. The van der Waals surface area contributed by atoms with Crippen molar-refractivity contribution >= 4 is 21.8 Å². The fourth-order valence-electron chi connectivity index (χ4n) is 2.58. The number of carbonyl (C=O) groups excluding carboxylic acids is 1. The second kappa shape index (κ2) is 6.53. The predicted molar refractivity (Wildman–Crippen MR) is 81.5 cm³/mol. The summed E-state index contributed by atoms with van der Waals surface area (Å²) in [7, 11) is 0. The minimum absolute atomic E-state index is 0.148. The van der Waals surface area contributed by atoms with Gasteiger partial charge in [-0.3, -0.25) is 4.79 Å². The Hall–Kier alpha value is -0.870.